The average molecular weight is 220 g/mol. The summed E-state index contributed by atoms with van der Waals surface area (Å²) >= 11 is 0. The van der Waals surface area contributed by atoms with Crippen LogP contribution in [-0.2, 0) is 6.54 Å². The van der Waals surface area contributed by atoms with Crippen LogP contribution < -0.4 is 10.2 Å². The summed E-state index contributed by atoms with van der Waals surface area (Å²) in [5.74, 6) is 0.863. The maximum Gasteiger partial charge on any atom is 0.225 e. The number of anilines is 1. The molecule has 1 aliphatic rings. The fraction of sp³-hybridized carbons (Fsp3) is 0.667. The van der Waals surface area contributed by atoms with E-state index in [4.69, 9.17) is 0 Å². The van der Waals surface area contributed by atoms with Crippen molar-refractivity contribution in [1.82, 2.24) is 15.3 Å². The first kappa shape index (κ1) is 11.3. The van der Waals surface area contributed by atoms with Gasteiger partial charge >= 0.3 is 0 Å². The minimum Gasteiger partial charge on any atom is -0.341 e. The van der Waals surface area contributed by atoms with Crippen LogP contribution in [0.1, 0.15) is 30.5 Å². The normalized spacial score (nSPS) is 15.9. The highest BCUT2D eigenvalue weighted by Crippen LogP contribution is 2.26. The predicted octanol–water partition coefficient (Wildman–Crippen LogP) is 1.49. The third-order valence-electron chi connectivity index (χ3n) is 3.37. The van der Waals surface area contributed by atoms with Gasteiger partial charge in [0.15, 0.2) is 0 Å². The maximum atomic E-state index is 4.57. The summed E-state index contributed by atoms with van der Waals surface area (Å²) in [5.41, 5.74) is 2.25. The topological polar surface area (TPSA) is 41.1 Å². The van der Waals surface area contributed by atoms with Crippen LogP contribution in [0.25, 0.3) is 0 Å². The van der Waals surface area contributed by atoms with E-state index in [-0.39, 0.29) is 0 Å². The first-order valence-corrected chi connectivity index (χ1v) is 5.92. The molecule has 0 radical (unpaired) electrons. The van der Waals surface area contributed by atoms with Gasteiger partial charge in [-0.1, -0.05) is 0 Å². The molecule has 1 aliphatic carbocycles. The average Bonchev–Trinajstić information content (AvgIpc) is 2.18. The molecule has 0 aliphatic heterocycles. The first-order chi connectivity index (χ1) is 7.72. The second-order valence-corrected chi connectivity index (χ2v) is 4.51. The largest absolute Gasteiger partial charge is 0.341 e. The monoisotopic (exact) mass is 220 g/mol. The fourth-order valence-corrected chi connectivity index (χ4v) is 1.95. The summed E-state index contributed by atoms with van der Waals surface area (Å²) in [6.07, 6.45) is 5.82. The SMILES string of the molecule is CNCc1cnc(N(C)C2CCC2)nc1C. The zero-order chi connectivity index (χ0) is 11.5. The van der Waals surface area contributed by atoms with Gasteiger partial charge < -0.3 is 10.2 Å². The van der Waals surface area contributed by atoms with Gasteiger partial charge in [0.2, 0.25) is 5.95 Å². The lowest BCUT2D eigenvalue weighted by atomic mass is 9.92. The van der Waals surface area contributed by atoms with Crippen molar-refractivity contribution in [3.63, 3.8) is 0 Å². The molecule has 16 heavy (non-hydrogen) atoms. The Hall–Kier alpha value is -1.16. The van der Waals surface area contributed by atoms with Crippen LogP contribution in [-0.4, -0.2) is 30.1 Å². The van der Waals surface area contributed by atoms with Gasteiger partial charge in [0.05, 0.1) is 0 Å². The Bertz CT molecular complexity index is 360. The Labute approximate surface area is 97.1 Å². The fourth-order valence-electron chi connectivity index (χ4n) is 1.95. The minimum absolute atomic E-state index is 0.648. The summed E-state index contributed by atoms with van der Waals surface area (Å²) in [6, 6.07) is 0.648. The molecule has 1 aromatic rings. The van der Waals surface area contributed by atoms with Crippen LogP contribution in [0.3, 0.4) is 0 Å². The quantitative estimate of drug-likeness (QED) is 0.834. The number of nitrogens with one attached hydrogen (secondary N) is 1. The molecule has 2 rings (SSSR count). The van der Waals surface area contributed by atoms with Gasteiger partial charge in [0.1, 0.15) is 0 Å². The number of hydrogen-bond donors (Lipinski definition) is 1. The minimum atomic E-state index is 0.648. The third kappa shape index (κ3) is 2.16. The molecule has 1 saturated carbocycles. The lowest BCUT2D eigenvalue weighted by molar-refractivity contribution is 0.397. The Balaban J connectivity index is 2.13. The molecular weight excluding hydrogens is 200 g/mol. The molecule has 1 fully saturated rings. The van der Waals surface area contributed by atoms with Crippen molar-refractivity contribution in [1.29, 1.82) is 0 Å². The van der Waals surface area contributed by atoms with Gasteiger partial charge in [-0.3, -0.25) is 0 Å². The molecule has 0 bridgehead atoms. The van der Waals surface area contributed by atoms with Crippen molar-refractivity contribution in [2.75, 3.05) is 19.0 Å². The van der Waals surface area contributed by atoms with Crippen LogP contribution in [0.2, 0.25) is 0 Å². The number of aromatic nitrogens is 2. The summed E-state index contributed by atoms with van der Waals surface area (Å²) in [6.45, 7) is 2.88. The van der Waals surface area contributed by atoms with Crippen molar-refractivity contribution >= 4 is 5.95 Å². The van der Waals surface area contributed by atoms with Crippen LogP contribution in [0.15, 0.2) is 6.20 Å². The highest BCUT2D eigenvalue weighted by Gasteiger charge is 2.23. The molecule has 0 amide bonds. The van der Waals surface area contributed by atoms with Crippen LogP contribution >= 0.6 is 0 Å². The van der Waals surface area contributed by atoms with E-state index in [1.807, 2.05) is 20.2 Å². The van der Waals surface area contributed by atoms with Gasteiger partial charge in [0, 0.05) is 37.1 Å². The lowest BCUT2D eigenvalue weighted by Crippen LogP contribution is -2.38. The van der Waals surface area contributed by atoms with Crippen molar-refractivity contribution in [2.24, 2.45) is 0 Å². The molecule has 0 unspecified atom stereocenters. The van der Waals surface area contributed by atoms with Crippen LogP contribution in [0.5, 0.6) is 0 Å². The van der Waals surface area contributed by atoms with E-state index in [2.05, 4.69) is 27.2 Å². The second-order valence-electron chi connectivity index (χ2n) is 4.51. The molecule has 88 valence electrons. The smallest absolute Gasteiger partial charge is 0.225 e. The first-order valence-electron chi connectivity index (χ1n) is 5.92. The molecule has 0 spiro atoms. The summed E-state index contributed by atoms with van der Waals surface area (Å²) in [4.78, 5) is 11.2. The lowest BCUT2D eigenvalue weighted by Gasteiger charge is -2.34. The van der Waals surface area contributed by atoms with Crippen LogP contribution in [0, 0.1) is 6.92 Å². The number of nitrogens with zero attached hydrogens (tertiary/aromatic N) is 3. The predicted molar refractivity (Wildman–Crippen MR) is 65.6 cm³/mol. The van der Waals surface area contributed by atoms with Crippen molar-refractivity contribution in [3.05, 3.63) is 17.5 Å². The van der Waals surface area contributed by atoms with Crippen LogP contribution in [0.4, 0.5) is 5.95 Å². The van der Waals surface area contributed by atoms with Gasteiger partial charge in [0.25, 0.3) is 0 Å². The molecule has 0 atom stereocenters. The maximum absolute atomic E-state index is 4.57. The molecule has 0 aromatic carbocycles. The number of hydrogen-bond acceptors (Lipinski definition) is 4. The van der Waals surface area contributed by atoms with E-state index in [0.717, 1.165) is 18.2 Å². The zero-order valence-electron chi connectivity index (χ0n) is 10.3. The Kier molecular flexibility index (Phi) is 3.39. The Morgan fingerprint density at radius 1 is 1.50 bits per heavy atom. The number of aryl methyl sites for hydroxylation is 1. The van der Waals surface area contributed by atoms with E-state index < -0.39 is 0 Å². The number of rotatable bonds is 4. The summed E-state index contributed by atoms with van der Waals surface area (Å²) in [5, 5.41) is 3.13. The summed E-state index contributed by atoms with van der Waals surface area (Å²) < 4.78 is 0. The van der Waals surface area contributed by atoms with Gasteiger partial charge in [-0.2, -0.15) is 0 Å². The van der Waals surface area contributed by atoms with E-state index in [0.29, 0.717) is 6.04 Å². The van der Waals surface area contributed by atoms with Gasteiger partial charge in [-0.15, -0.1) is 0 Å². The van der Waals surface area contributed by atoms with Crippen molar-refractivity contribution in [3.8, 4) is 0 Å². The second kappa shape index (κ2) is 4.78. The standard InChI is InChI=1S/C12H20N4/c1-9-10(7-13-2)8-14-12(15-9)16(3)11-5-4-6-11/h8,11,13H,4-7H2,1-3H3. The van der Waals surface area contributed by atoms with E-state index >= 15 is 0 Å². The molecule has 1 aromatic heterocycles. The van der Waals surface area contributed by atoms with Gasteiger partial charge in [-0.05, 0) is 33.2 Å². The zero-order valence-corrected chi connectivity index (χ0v) is 10.3. The third-order valence-corrected chi connectivity index (χ3v) is 3.37. The highest BCUT2D eigenvalue weighted by atomic mass is 15.3. The van der Waals surface area contributed by atoms with E-state index in [1.165, 1.54) is 24.8 Å². The van der Waals surface area contributed by atoms with Crippen molar-refractivity contribution in [2.45, 2.75) is 38.8 Å². The molecule has 4 nitrogen and oxygen atoms in total. The van der Waals surface area contributed by atoms with Crippen molar-refractivity contribution < 1.29 is 0 Å². The molecule has 1 heterocycles. The Morgan fingerprint density at radius 2 is 2.25 bits per heavy atom. The van der Waals surface area contributed by atoms with E-state index in [1.54, 1.807) is 0 Å². The highest BCUT2D eigenvalue weighted by molar-refractivity contribution is 5.33. The summed E-state index contributed by atoms with van der Waals surface area (Å²) in [7, 11) is 4.03. The molecule has 0 saturated heterocycles. The molecule has 1 N–H and O–H groups in total. The molecule has 4 heteroatoms. The van der Waals surface area contributed by atoms with Gasteiger partial charge in [-0.25, -0.2) is 9.97 Å². The Morgan fingerprint density at radius 3 is 2.75 bits per heavy atom. The van der Waals surface area contributed by atoms with E-state index in [9.17, 15) is 0 Å². The molecular formula is C12H20N4.